The highest BCUT2D eigenvalue weighted by Gasteiger charge is 2.42. The van der Waals surface area contributed by atoms with Gasteiger partial charge in [0.05, 0.1) is 30.5 Å². The predicted molar refractivity (Wildman–Crippen MR) is 98.8 cm³/mol. The van der Waals surface area contributed by atoms with E-state index in [1.54, 1.807) is 11.9 Å². The molecule has 0 saturated heterocycles. The minimum Gasteiger partial charge on any atom is -0.494 e. The second-order valence-electron chi connectivity index (χ2n) is 6.83. The lowest BCUT2D eigenvalue weighted by Crippen LogP contribution is -2.45. The average Bonchev–Trinajstić information content (AvgIpc) is 2.94. The second kappa shape index (κ2) is 7.37. The van der Waals surface area contributed by atoms with E-state index in [0.717, 1.165) is 23.6 Å². The molecule has 26 heavy (non-hydrogen) atoms. The van der Waals surface area contributed by atoms with Crippen molar-refractivity contribution in [1.29, 1.82) is 0 Å². The molecule has 0 fully saturated rings. The average molecular weight is 358 g/mol. The zero-order valence-corrected chi connectivity index (χ0v) is 15.8. The zero-order valence-electron chi connectivity index (χ0n) is 15.8. The Labute approximate surface area is 154 Å². The quantitative estimate of drug-likeness (QED) is 0.836. The van der Waals surface area contributed by atoms with E-state index in [-0.39, 0.29) is 11.9 Å². The SMILES string of the molecule is CCOc1ccc([C@@H]2NC(=O)N(C)C3=C2C(=O)N(CCN(C)C)C3)cc1. The van der Waals surface area contributed by atoms with Crippen molar-refractivity contribution in [3.63, 3.8) is 0 Å². The van der Waals surface area contributed by atoms with Gasteiger partial charge in [0.15, 0.2) is 0 Å². The van der Waals surface area contributed by atoms with Gasteiger partial charge in [-0.1, -0.05) is 12.1 Å². The van der Waals surface area contributed by atoms with Crippen molar-refractivity contribution in [2.45, 2.75) is 13.0 Å². The Morgan fingerprint density at radius 2 is 1.92 bits per heavy atom. The van der Waals surface area contributed by atoms with Gasteiger partial charge in [0.25, 0.3) is 5.91 Å². The molecule has 3 rings (SSSR count). The summed E-state index contributed by atoms with van der Waals surface area (Å²) in [6, 6.07) is 6.93. The van der Waals surface area contributed by atoms with Crippen molar-refractivity contribution in [3.05, 3.63) is 41.1 Å². The molecular formula is C19H26N4O3. The van der Waals surface area contributed by atoms with E-state index in [9.17, 15) is 9.59 Å². The minimum atomic E-state index is -0.429. The highest BCUT2D eigenvalue weighted by Crippen LogP contribution is 2.35. The molecule has 0 radical (unpaired) electrons. The number of nitrogens with one attached hydrogen (secondary N) is 1. The summed E-state index contributed by atoms with van der Waals surface area (Å²) in [6.45, 7) is 4.42. The van der Waals surface area contributed by atoms with Crippen molar-refractivity contribution in [2.75, 3.05) is 47.4 Å². The number of hydrogen-bond donors (Lipinski definition) is 1. The zero-order chi connectivity index (χ0) is 18.8. The third-order valence-electron chi connectivity index (χ3n) is 4.78. The molecule has 2 aliphatic rings. The third-order valence-corrected chi connectivity index (χ3v) is 4.78. The van der Waals surface area contributed by atoms with E-state index in [4.69, 9.17) is 4.74 Å². The van der Waals surface area contributed by atoms with E-state index in [1.165, 1.54) is 0 Å². The molecule has 2 heterocycles. The lowest BCUT2D eigenvalue weighted by Gasteiger charge is -2.31. The molecule has 0 aromatic heterocycles. The van der Waals surface area contributed by atoms with E-state index in [1.807, 2.05) is 55.1 Å². The molecule has 0 aliphatic carbocycles. The fourth-order valence-corrected chi connectivity index (χ4v) is 3.30. The monoisotopic (exact) mass is 358 g/mol. The molecule has 3 amide bonds. The fourth-order valence-electron chi connectivity index (χ4n) is 3.30. The topological polar surface area (TPSA) is 65.1 Å². The Bertz CT molecular complexity index is 727. The smallest absolute Gasteiger partial charge is 0.322 e. The maximum absolute atomic E-state index is 13.0. The largest absolute Gasteiger partial charge is 0.494 e. The Morgan fingerprint density at radius 1 is 1.23 bits per heavy atom. The lowest BCUT2D eigenvalue weighted by atomic mass is 9.95. The molecule has 7 nitrogen and oxygen atoms in total. The number of hydrogen-bond acceptors (Lipinski definition) is 4. The van der Waals surface area contributed by atoms with Crippen LogP contribution in [0.3, 0.4) is 0 Å². The van der Waals surface area contributed by atoms with Gasteiger partial charge in [0.2, 0.25) is 0 Å². The predicted octanol–water partition coefficient (Wildman–Crippen LogP) is 1.44. The molecule has 2 aliphatic heterocycles. The van der Waals surface area contributed by atoms with Crippen LogP contribution in [0.4, 0.5) is 4.79 Å². The Hall–Kier alpha value is -2.54. The van der Waals surface area contributed by atoms with Crippen molar-refractivity contribution >= 4 is 11.9 Å². The van der Waals surface area contributed by atoms with Crippen LogP contribution >= 0.6 is 0 Å². The summed E-state index contributed by atoms with van der Waals surface area (Å²) in [5.74, 6) is 0.766. The summed E-state index contributed by atoms with van der Waals surface area (Å²) >= 11 is 0. The molecule has 1 atom stereocenters. The maximum Gasteiger partial charge on any atom is 0.322 e. The van der Waals surface area contributed by atoms with E-state index >= 15 is 0 Å². The number of rotatable bonds is 6. The van der Waals surface area contributed by atoms with Gasteiger partial charge in [-0.3, -0.25) is 9.69 Å². The molecule has 7 heteroatoms. The number of likely N-dealkylation sites (N-methyl/N-ethyl adjacent to an activating group) is 2. The number of ether oxygens (including phenoxy) is 1. The van der Waals surface area contributed by atoms with Gasteiger partial charge >= 0.3 is 6.03 Å². The Morgan fingerprint density at radius 3 is 2.54 bits per heavy atom. The maximum atomic E-state index is 13.0. The number of urea groups is 1. The molecule has 1 aromatic rings. The molecule has 1 N–H and O–H groups in total. The van der Waals surface area contributed by atoms with Crippen LogP contribution < -0.4 is 10.1 Å². The van der Waals surface area contributed by atoms with Crippen LogP contribution in [-0.2, 0) is 4.79 Å². The number of amides is 3. The van der Waals surface area contributed by atoms with Crippen LogP contribution in [0.25, 0.3) is 0 Å². The second-order valence-corrected chi connectivity index (χ2v) is 6.83. The van der Waals surface area contributed by atoms with Crippen LogP contribution in [0.15, 0.2) is 35.5 Å². The molecular weight excluding hydrogens is 332 g/mol. The first-order chi connectivity index (χ1) is 12.4. The molecule has 0 bridgehead atoms. The molecule has 0 spiro atoms. The number of carbonyl (C=O) groups excluding carboxylic acids is 2. The Balaban J connectivity index is 1.88. The van der Waals surface area contributed by atoms with Crippen LogP contribution in [0.5, 0.6) is 5.75 Å². The Kier molecular flexibility index (Phi) is 5.18. The van der Waals surface area contributed by atoms with Gasteiger partial charge in [-0.15, -0.1) is 0 Å². The van der Waals surface area contributed by atoms with Crippen molar-refractivity contribution in [1.82, 2.24) is 20.0 Å². The van der Waals surface area contributed by atoms with E-state index < -0.39 is 6.04 Å². The van der Waals surface area contributed by atoms with Crippen LogP contribution in [0, 0.1) is 0 Å². The first kappa shape index (κ1) is 18.3. The normalized spacial score (nSPS) is 20.0. The summed E-state index contributed by atoms with van der Waals surface area (Å²) in [6.07, 6.45) is 0. The summed E-state index contributed by atoms with van der Waals surface area (Å²) < 4.78 is 5.48. The van der Waals surface area contributed by atoms with Gasteiger partial charge in [-0.25, -0.2) is 4.79 Å². The van der Waals surface area contributed by atoms with Gasteiger partial charge in [-0.2, -0.15) is 0 Å². The van der Waals surface area contributed by atoms with E-state index in [0.29, 0.717) is 25.3 Å². The van der Waals surface area contributed by atoms with Crippen molar-refractivity contribution < 1.29 is 14.3 Å². The van der Waals surface area contributed by atoms with Crippen molar-refractivity contribution in [3.8, 4) is 5.75 Å². The van der Waals surface area contributed by atoms with E-state index in [2.05, 4.69) is 5.32 Å². The lowest BCUT2D eigenvalue weighted by molar-refractivity contribution is -0.125. The summed E-state index contributed by atoms with van der Waals surface area (Å²) in [4.78, 5) is 30.8. The molecule has 0 saturated carbocycles. The highest BCUT2D eigenvalue weighted by molar-refractivity contribution is 6.01. The van der Waals surface area contributed by atoms with Gasteiger partial charge in [0, 0.05) is 20.1 Å². The highest BCUT2D eigenvalue weighted by atomic mass is 16.5. The number of carbonyl (C=O) groups is 2. The number of benzene rings is 1. The van der Waals surface area contributed by atoms with Crippen molar-refractivity contribution in [2.24, 2.45) is 0 Å². The van der Waals surface area contributed by atoms with Gasteiger partial charge < -0.3 is 19.9 Å². The van der Waals surface area contributed by atoms with Crippen LogP contribution in [0.1, 0.15) is 18.5 Å². The molecule has 0 unspecified atom stereocenters. The third kappa shape index (κ3) is 3.39. The van der Waals surface area contributed by atoms with Crippen LogP contribution in [-0.4, -0.2) is 74.0 Å². The molecule has 1 aromatic carbocycles. The summed E-state index contributed by atoms with van der Waals surface area (Å²) in [7, 11) is 5.67. The first-order valence-corrected chi connectivity index (χ1v) is 8.86. The van der Waals surface area contributed by atoms with Crippen LogP contribution in [0.2, 0.25) is 0 Å². The minimum absolute atomic E-state index is 0.00687. The summed E-state index contributed by atoms with van der Waals surface area (Å²) in [5.41, 5.74) is 2.33. The molecule has 140 valence electrons. The summed E-state index contributed by atoms with van der Waals surface area (Å²) in [5, 5.41) is 2.95. The first-order valence-electron chi connectivity index (χ1n) is 8.86. The van der Waals surface area contributed by atoms with Gasteiger partial charge in [-0.05, 0) is 38.7 Å². The fraction of sp³-hybridized carbons (Fsp3) is 0.474. The van der Waals surface area contributed by atoms with Gasteiger partial charge in [0.1, 0.15) is 5.75 Å². The standard InChI is InChI=1S/C19H26N4O3/c1-5-26-14-8-6-13(7-9-14)17-16-15(22(4)19(25)20-17)12-23(18(16)24)11-10-21(2)3/h6-9,17H,5,10-12H2,1-4H3,(H,20,25)/t17-/m0/s1. The number of nitrogens with zero attached hydrogens (tertiary/aromatic N) is 3.